The molecule has 29 heavy (non-hydrogen) atoms. The lowest BCUT2D eigenvalue weighted by atomic mass is 10.0. The molecule has 0 bridgehead atoms. The highest BCUT2D eigenvalue weighted by Gasteiger charge is 2.26. The van der Waals surface area contributed by atoms with Gasteiger partial charge in [-0.3, -0.25) is 0 Å². The first-order chi connectivity index (χ1) is 14.2. The van der Waals surface area contributed by atoms with E-state index in [1.165, 1.54) is 33.5 Å². The molecule has 0 saturated carbocycles. The van der Waals surface area contributed by atoms with Crippen LogP contribution in [0, 0.1) is 0 Å². The van der Waals surface area contributed by atoms with Crippen LogP contribution in [0.3, 0.4) is 0 Å². The van der Waals surface area contributed by atoms with Crippen molar-refractivity contribution in [1.82, 2.24) is 0 Å². The van der Waals surface area contributed by atoms with Crippen molar-refractivity contribution in [2.24, 2.45) is 0 Å². The molecule has 0 fully saturated rings. The van der Waals surface area contributed by atoms with Gasteiger partial charge >= 0.3 is 0 Å². The fourth-order valence-electron chi connectivity index (χ4n) is 4.15. The van der Waals surface area contributed by atoms with Crippen molar-refractivity contribution < 1.29 is 4.42 Å². The Hall–Kier alpha value is -3.52. The minimum atomic E-state index is 0.850. The Labute approximate surface area is 171 Å². The Morgan fingerprint density at radius 2 is 1.79 bits per heavy atom. The third kappa shape index (κ3) is 3.07. The molecule has 2 heterocycles. The molecule has 0 amide bonds. The lowest BCUT2D eigenvalue weighted by Crippen LogP contribution is -2.12. The zero-order chi connectivity index (χ0) is 19.8. The van der Waals surface area contributed by atoms with Crippen LogP contribution in [0.15, 0.2) is 102 Å². The molecule has 4 aromatic rings. The van der Waals surface area contributed by atoms with Gasteiger partial charge in [-0.2, -0.15) is 0 Å². The van der Waals surface area contributed by atoms with Gasteiger partial charge in [-0.15, -0.1) is 6.58 Å². The standard InChI is InChI=1S/C27H23NO/c1-3-4-10-19(2)15-20-18-28(21-11-6-5-7-12-21)25-16-24-22-13-8-9-14-26(22)29-27(24)17-23(20)25/h3,5-17H,1,4,18H2,2H3/b19-10-,20-15+. The molecule has 142 valence electrons. The first-order valence-corrected chi connectivity index (χ1v) is 10.0. The van der Waals surface area contributed by atoms with Crippen LogP contribution >= 0.6 is 0 Å². The fraction of sp³-hybridized carbons (Fsp3) is 0.111. The minimum absolute atomic E-state index is 0.850. The average Bonchev–Trinajstić information content (AvgIpc) is 3.29. The summed E-state index contributed by atoms with van der Waals surface area (Å²) in [6, 6.07) is 23.3. The highest BCUT2D eigenvalue weighted by atomic mass is 16.3. The topological polar surface area (TPSA) is 16.4 Å². The van der Waals surface area contributed by atoms with Crippen LogP contribution < -0.4 is 4.90 Å². The maximum absolute atomic E-state index is 6.16. The highest BCUT2D eigenvalue weighted by molar-refractivity contribution is 6.09. The van der Waals surface area contributed by atoms with Crippen LogP contribution in [0.2, 0.25) is 0 Å². The van der Waals surface area contributed by atoms with E-state index in [2.05, 4.69) is 85.2 Å². The summed E-state index contributed by atoms with van der Waals surface area (Å²) in [6.45, 7) is 6.83. The molecular weight excluding hydrogens is 354 g/mol. The van der Waals surface area contributed by atoms with E-state index >= 15 is 0 Å². The van der Waals surface area contributed by atoms with Crippen LogP contribution in [-0.4, -0.2) is 6.54 Å². The van der Waals surface area contributed by atoms with Crippen LogP contribution in [0.4, 0.5) is 11.4 Å². The summed E-state index contributed by atoms with van der Waals surface area (Å²) >= 11 is 0. The third-order valence-electron chi connectivity index (χ3n) is 5.54. The SMILES string of the molecule is C=CC/C=C(C)\C=C1/CN(c2ccccc2)c2cc3c(cc21)oc1ccccc13. The second-order valence-electron chi connectivity index (χ2n) is 7.53. The van der Waals surface area contributed by atoms with Gasteiger partial charge in [0.1, 0.15) is 11.2 Å². The molecule has 2 nitrogen and oxygen atoms in total. The second kappa shape index (κ2) is 7.14. The Morgan fingerprint density at radius 1 is 1.00 bits per heavy atom. The van der Waals surface area contributed by atoms with E-state index in [-0.39, 0.29) is 0 Å². The highest BCUT2D eigenvalue weighted by Crippen LogP contribution is 2.44. The van der Waals surface area contributed by atoms with Crippen LogP contribution in [0.1, 0.15) is 18.9 Å². The molecule has 0 spiro atoms. The van der Waals surface area contributed by atoms with E-state index in [0.29, 0.717) is 0 Å². The van der Waals surface area contributed by atoms with E-state index in [1.54, 1.807) is 0 Å². The molecule has 1 aliphatic rings. The number of para-hydroxylation sites is 2. The number of anilines is 2. The van der Waals surface area contributed by atoms with Crippen molar-refractivity contribution >= 4 is 38.9 Å². The summed E-state index contributed by atoms with van der Waals surface area (Å²) in [5.41, 5.74) is 8.12. The number of rotatable bonds is 4. The summed E-state index contributed by atoms with van der Waals surface area (Å²) in [7, 11) is 0. The molecule has 0 radical (unpaired) electrons. The number of hydrogen-bond acceptors (Lipinski definition) is 2. The van der Waals surface area contributed by atoms with Gasteiger partial charge in [0.25, 0.3) is 0 Å². The molecule has 1 aromatic heterocycles. The number of hydrogen-bond donors (Lipinski definition) is 0. The number of furan rings is 1. The van der Waals surface area contributed by atoms with Gasteiger partial charge in [-0.25, -0.2) is 0 Å². The predicted octanol–water partition coefficient (Wildman–Crippen LogP) is 7.64. The summed E-state index contributed by atoms with van der Waals surface area (Å²) < 4.78 is 6.16. The van der Waals surface area contributed by atoms with Gasteiger partial charge in [-0.1, -0.05) is 60.2 Å². The average molecular weight is 377 g/mol. The summed E-state index contributed by atoms with van der Waals surface area (Å²) in [5, 5.41) is 2.33. The monoisotopic (exact) mass is 377 g/mol. The van der Waals surface area contributed by atoms with E-state index < -0.39 is 0 Å². The lowest BCUT2D eigenvalue weighted by Gasteiger charge is -2.19. The van der Waals surface area contributed by atoms with Crippen molar-refractivity contribution in [2.45, 2.75) is 13.3 Å². The van der Waals surface area contributed by atoms with Gasteiger partial charge in [-0.05, 0) is 49.2 Å². The summed E-state index contributed by atoms with van der Waals surface area (Å²) in [4.78, 5) is 2.39. The maximum atomic E-state index is 6.16. The number of nitrogens with zero attached hydrogens (tertiary/aromatic N) is 1. The molecule has 0 N–H and O–H groups in total. The smallest absolute Gasteiger partial charge is 0.136 e. The molecule has 2 heteroatoms. The van der Waals surface area contributed by atoms with Gasteiger partial charge in [0.15, 0.2) is 0 Å². The van der Waals surface area contributed by atoms with Crippen molar-refractivity contribution in [3.8, 4) is 0 Å². The Kier molecular flexibility index (Phi) is 4.33. The van der Waals surface area contributed by atoms with Crippen molar-refractivity contribution in [3.05, 3.63) is 103 Å². The number of benzene rings is 3. The van der Waals surface area contributed by atoms with Crippen molar-refractivity contribution in [3.63, 3.8) is 0 Å². The van der Waals surface area contributed by atoms with Gasteiger partial charge in [0.05, 0.1) is 0 Å². The first kappa shape index (κ1) is 17.6. The first-order valence-electron chi connectivity index (χ1n) is 10.0. The molecule has 3 aromatic carbocycles. The quantitative estimate of drug-likeness (QED) is 0.340. The molecule has 0 atom stereocenters. The largest absolute Gasteiger partial charge is 0.456 e. The molecular formula is C27H23NO. The third-order valence-corrected chi connectivity index (χ3v) is 5.54. The molecule has 0 saturated heterocycles. The van der Waals surface area contributed by atoms with Gasteiger partial charge in [0, 0.05) is 34.3 Å². The van der Waals surface area contributed by atoms with Crippen LogP contribution in [-0.2, 0) is 0 Å². The normalized spacial score (nSPS) is 15.4. The fourth-order valence-corrected chi connectivity index (χ4v) is 4.15. The Balaban J connectivity index is 1.72. The summed E-state index contributed by atoms with van der Waals surface area (Å²) in [6.07, 6.45) is 7.32. The van der Waals surface area contributed by atoms with E-state index in [1.807, 2.05) is 18.2 Å². The number of fused-ring (bicyclic) bond motifs is 4. The number of allylic oxidation sites excluding steroid dienone is 4. The predicted molar refractivity (Wildman–Crippen MR) is 124 cm³/mol. The maximum Gasteiger partial charge on any atom is 0.136 e. The van der Waals surface area contributed by atoms with E-state index in [9.17, 15) is 0 Å². The van der Waals surface area contributed by atoms with Crippen LogP contribution in [0.25, 0.3) is 27.5 Å². The lowest BCUT2D eigenvalue weighted by molar-refractivity contribution is 0.669. The second-order valence-corrected chi connectivity index (χ2v) is 7.53. The molecule has 1 aliphatic heterocycles. The zero-order valence-electron chi connectivity index (χ0n) is 16.6. The Bertz CT molecular complexity index is 1270. The van der Waals surface area contributed by atoms with E-state index in [0.717, 1.165) is 29.5 Å². The molecule has 0 aliphatic carbocycles. The minimum Gasteiger partial charge on any atom is -0.456 e. The van der Waals surface area contributed by atoms with Gasteiger partial charge in [0.2, 0.25) is 0 Å². The van der Waals surface area contributed by atoms with Gasteiger partial charge < -0.3 is 9.32 Å². The Morgan fingerprint density at radius 3 is 2.62 bits per heavy atom. The van der Waals surface area contributed by atoms with Crippen LogP contribution in [0.5, 0.6) is 0 Å². The zero-order valence-corrected chi connectivity index (χ0v) is 16.6. The molecule has 0 unspecified atom stereocenters. The van der Waals surface area contributed by atoms with Crippen molar-refractivity contribution in [2.75, 3.05) is 11.4 Å². The van der Waals surface area contributed by atoms with Crippen molar-refractivity contribution in [1.29, 1.82) is 0 Å². The van der Waals surface area contributed by atoms with E-state index in [4.69, 9.17) is 4.42 Å². The molecule has 5 rings (SSSR count). The summed E-state index contributed by atoms with van der Waals surface area (Å²) in [5.74, 6) is 0.